The van der Waals surface area contributed by atoms with Gasteiger partial charge in [0, 0.05) is 6.61 Å². The number of ether oxygens (including phenoxy) is 2. The zero-order valence-electron chi connectivity index (χ0n) is 17.9. The number of hydrogen-bond donors (Lipinski definition) is 3. The van der Waals surface area contributed by atoms with Crippen molar-refractivity contribution >= 4 is 0 Å². The Kier molecular flexibility index (Phi) is 15.9. The minimum absolute atomic E-state index is 0.0986. The van der Waals surface area contributed by atoms with Crippen LogP contribution >= 0.6 is 0 Å². The van der Waals surface area contributed by atoms with E-state index in [0.29, 0.717) is 6.61 Å². The summed E-state index contributed by atoms with van der Waals surface area (Å²) in [5.74, 6) is 0. The molecule has 0 saturated carbocycles. The summed E-state index contributed by atoms with van der Waals surface area (Å²) in [6.45, 7) is 2.68. The van der Waals surface area contributed by atoms with Gasteiger partial charge in [0.2, 0.25) is 0 Å². The molecule has 4 atom stereocenters. The molecule has 0 aromatic carbocycles. The van der Waals surface area contributed by atoms with Gasteiger partial charge < -0.3 is 24.8 Å². The van der Waals surface area contributed by atoms with Crippen LogP contribution in [0.4, 0.5) is 0 Å². The summed E-state index contributed by atoms with van der Waals surface area (Å²) in [7, 11) is 0. The van der Waals surface area contributed by atoms with E-state index < -0.39 is 24.4 Å². The zero-order valence-corrected chi connectivity index (χ0v) is 17.9. The molecule has 0 aromatic rings. The molecular weight excluding hydrogens is 356 g/mol. The number of allylic oxidation sites excluding steroid dienone is 2. The lowest BCUT2D eigenvalue weighted by Gasteiger charge is -2.24. The smallest absolute Gasteiger partial charge is 0.114 e. The first-order valence-electron chi connectivity index (χ1n) is 11.6. The molecule has 0 spiro atoms. The van der Waals surface area contributed by atoms with E-state index in [2.05, 4.69) is 19.1 Å². The first kappa shape index (κ1) is 25.6. The molecule has 1 fully saturated rings. The quantitative estimate of drug-likeness (QED) is 0.238. The Balaban J connectivity index is 1.85. The summed E-state index contributed by atoms with van der Waals surface area (Å²) in [4.78, 5) is 0. The first-order chi connectivity index (χ1) is 13.7. The maximum absolute atomic E-state index is 9.82. The van der Waals surface area contributed by atoms with Crippen LogP contribution in [0, 0.1) is 0 Å². The van der Waals surface area contributed by atoms with E-state index >= 15 is 0 Å². The normalized spacial score (nSPS) is 23.6. The molecule has 1 rings (SSSR count). The van der Waals surface area contributed by atoms with Crippen molar-refractivity contribution in [2.75, 3.05) is 19.8 Å². The van der Waals surface area contributed by atoms with E-state index in [1.54, 1.807) is 0 Å². The van der Waals surface area contributed by atoms with E-state index in [-0.39, 0.29) is 13.2 Å². The first-order valence-corrected chi connectivity index (χ1v) is 11.6. The molecule has 0 radical (unpaired) electrons. The Morgan fingerprint density at radius 2 is 1.46 bits per heavy atom. The lowest BCUT2D eigenvalue weighted by molar-refractivity contribution is -0.101. The van der Waals surface area contributed by atoms with Gasteiger partial charge in [0.05, 0.1) is 13.2 Å². The Hall–Kier alpha value is -0.460. The maximum atomic E-state index is 9.82. The molecule has 1 saturated heterocycles. The van der Waals surface area contributed by atoms with E-state index in [1.165, 1.54) is 70.6 Å². The maximum Gasteiger partial charge on any atom is 0.114 e. The molecule has 1 heterocycles. The summed E-state index contributed by atoms with van der Waals surface area (Å²) in [6.07, 6.45) is 17.9. The van der Waals surface area contributed by atoms with Gasteiger partial charge in [0.15, 0.2) is 0 Å². The second-order valence-corrected chi connectivity index (χ2v) is 8.03. The molecule has 1 aliphatic rings. The third kappa shape index (κ3) is 11.5. The topological polar surface area (TPSA) is 79.2 Å². The molecule has 166 valence electrons. The number of aliphatic hydroxyl groups is 3. The fourth-order valence-electron chi connectivity index (χ4n) is 3.60. The minimum atomic E-state index is -0.978. The van der Waals surface area contributed by atoms with Crippen molar-refractivity contribution in [3.63, 3.8) is 0 Å². The minimum Gasteiger partial charge on any atom is -0.394 e. The second kappa shape index (κ2) is 17.4. The molecule has 5 nitrogen and oxygen atoms in total. The molecule has 0 unspecified atom stereocenters. The Bertz CT molecular complexity index is 374. The highest BCUT2D eigenvalue weighted by molar-refractivity contribution is 4.88. The van der Waals surface area contributed by atoms with Crippen LogP contribution in [0.5, 0.6) is 0 Å². The monoisotopic (exact) mass is 400 g/mol. The number of rotatable bonds is 18. The van der Waals surface area contributed by atoms with Gasteiger partial charge in [0.1, 0.15) is 24.4 Å². The lowest BCUT2D eigenvalue weighted by Crippen LogP contribution is -2.42. The van der Waals surface area contributed by atoms with Crippen molar-refractivity contribution in [2.24, 2.45) is 0 Å². The van der Waals surface area contributed by atoms with Crippen molar-refractivity contribution in [3.8, 4) is 0 Å². The van der Waals surface area contributed by atoms with Gasteiger partial charge in [0.25, 0.3) is 0 Å². The fraction of sp³-hybridized carbons (Fsp3) is 0.913. The van der Waals surface area contributed by atoms with Crippen LogP contribution < -0.4 is 0 Å². The molecule has 0 aliphatic carbocycles. The molecule has 0 amide bonds. The van der Waals surface area contributed by atoms with E-state index in [1.807, 2.05) is 0 Å². The van der Waals surface area contributed by atoms with Crippen LogP contribution in [-0.2, 0) is 9.47 Å². The Morgan fingerprint density at radius 3 is 2.00 bits per heavy atom. The van der Waals surface area contributed by atoms with Crippen LogP contribution in [-0.4, -0.2) is 59.6 Å². The molecule has 28 heavy (non-hydrogen) atoms. The summed E-state index contributed by atoms with van der Waals surface area (Å²) < 4.78 is 11.0. The van der Waals surface area contributed by atoms with Gasteiger partial charge in [-0.05, 0) is 25.7 Å². The molecule has 1 aliphatic heterocycles. The zero-order chi connectivity index (χ0) is 20.5. The van der Waals surface area contributed by atoms with Gasteiger partial charge in [-0.3, -0.25) is 0 Å². The van der Waals surface area contributed by atoms with Gasteiger partial charge in [-0.25, -0.2) is 0 Å². The lowest BCUT2D eigenvalue weighted by atomic mass is 10.1. The second-order valence-electron chi connectivity index (χ2n) is 8.03. The summed E-state index contributed by atoms with van der Waals surface area (Å²) in [5.41, 5.74) is 0. The largest absolute Gasteiger partial charge is 0.394 e. The van der Waals surface area contributed by atoms with Crippen molar-refractivity contribution < 1.29 is 24.8 Å². The van der Waals surface area contributed by atoms with E-state index in [0.717, 1.165) is 12.8 Å². The summed E-state index contributed by atoms with van der Waals surface area (Å²) in [6, 6.07) is 0. The van der Waals surface area contributed by atoms with Crippen LogP contribution in [0.25, 0.3) is 0 Å². The highest BCUT2D eigenvalue weighted by Crippen LogP contribution is 2.20. The van der Waals surface area contributed by atoms with E-state index in [4.69, 9.17) is 9.47 Å². The molecule has 0 bridgehead atoms. The average Bonchev–Trinajstić information content (AvgIpc) is 3.03. The highest BCUT2D eigenvalue weighted by Gasteiger charge is 2.40. The van der Waals surface area contributed by atoms with E-state index in [9.17, 15) is 15.3 Å². The summed E-state index contributed by atoms with van der Waals surface area (Å²) >= 11 is 0. The predicted molar refractivity (Wildman–Crippen MR) is 113 cm³/mol. The summed E-state index contributed by atoms with van der Waals surface area (Å²) in [5, 5.41) is 28.7. The van der Waals surface area contributed by atoms with Gasteiger partial charge >= 0.3 is 0 Å². The van der Waals surface area contributed by atoms with Crippen molar-refractivity contribution in [3.05, 3.63) is 12.2 Å². The van der Waals surface area contributed by atoms with Gasteiger partial charge in [-0.1, -0.05) is 76.9 Å². The van der Waals surface area contributed by atoms with Crippen molar-refractivity contribution in [2.45, 2.75) is 115 Å². The van der Waals surface area contributed by atoms with Gasteiger partial charge in [-0.15, -0.1) is 0 Å². The van der Waals surface area contributed by atoms with Crippen molar-refractivity contribution in [1.29, 1.82) is 0 Å². The number of aliphatic hydroxyl groups excluding tert-OH is 3. The highest BCUT2D eigenvalue weighted by atomic mass is 16.6. The Labute approximate surface area is 172 Å². The van der Waals surface area contributed by atoms with Gasteiger partial charge in [-0.2, -0.15) is 0 Å². The van der Waals surface area contributed by atoms with Crippen LogP contribution in [0.1, 0.15) is 90.4 Å². The third-order valence-corrected chi connectivity index (χ3v) is 5.47. The Morgan fingerprint density at radius 1 is 0.893 bits per heavy atom. The van der Waals surface area contributed by atoms with Crippen LogP contribution in [0.15, 0.2) is 12.2 Å². The van der Waals surface area contributed by atoms with Crippen LogP contribution in [0.3, 0.4) is 0 Å². The molecule has 0 aromatic heterocycles. The fourth-order valence-corrected chi connectivity index (χ4v) is 3.60. The van der Waals surface area contributed by atoms with Crippen LogP contribution in [0.2, 0.25) is 0 Å². The molecular formula is C23H44O5. The average molecular weight is 401 g/mol. The SMILES string of the molecule is CCCC/C=C/CCCCCCCCCCCO[C@@H](CO)[C@H]1OC[C@@H](O)[C@H]1O. The number of hydrogen-bond acceptors (Lipinski definition) is 5. The molecule has 5 heteroatoms. The standard InChI is InChI=1S/C23H44O5/c1-2-3-4-5-6-7-8-9-10-11-12-13-14-15-16-17-27-21(18-24)23-22(26)20(25)19-28-23/h5-6,20-26H,2-4,7-19H2,1H3/b6-5+/t20-,21+,22-,23-/m1/s1. The third-order valence-electron chi connectivity index (χ3n) is 5.47. The predicted octanol–water partition coefficient (Wildman–Crippen LogP) is 4.13. The van der Waals surface area contributed by atoms with Crippen molar-refractivity contribution in [1.82, 2.24) is 0 Å². The number of unbranched alkanes of at least 4 members (excludes halogenated alkanes) is 11. The molecule has 3 N–H and O–H groups in total.